The number of carboxylic acids is 1. The minimum atomic E-state index is -1.22. The molecular formula is C42H80N2O5. The molecule has 0 aliphatic heterocycles. The van der Waals surface area contributed by atoms with Crippen LogP contribution in [0.15, 0.2) is 0 Å². The molecule has 0 saturated carbocycles. The first-order valence-electron chi connectivity index (χ1n) is 21.2. The van der Waals surface area contributed by atoms with Gasteiger partial charge in [-0.3, -0.25) is 14.4 Å². The maximum Gasteiger partial charge on any atom is 0.278 e. The largest absolute Gasteiger partial charge is 0.550 e. The molecule has 288 valence electrons. The molecular weight excluding hydrogens is 612 g/mol. The van der Waals surface area contributed by atoms with E-state index in [1.165, 1.54) is 141 Å². The molecule has 7 nitrogen and oxygen atoms in total. The fraction of sp³-hybridized carbons (Fsp3) is 0.905. The summed E-state index contributed by atoms with van der Waals surface area (Å²) < 4.78 is 0. The van der Waals surface area contributed by atoms with Gasteiger partial charge in [0.1, 0.15) is 5.78 Å². The topological polar surface area (TPSA) is 131 Å². The molecule has 4 N–H and O–H groups in total. The Kier molecular flexibility index (Phi) is 34.8. The quantitative estimate of drug-likeness (QED) is 0.0620. The molecule has 2 atom stereocenters. The van der Waals surface area contributed by atoms with Crippen molar-refractivity contribution in [2.24, 2.45) is 0 Å². The van der Waals surface area contributed by atoms with Crippen molar-refractivity contribution in [3.8, 4) is 0 Å². The van der Waals surface area contributed by atoms with Crippen LogP contribution in [0.3, 0.4) is 0 Å². The van der Waals surface area contributed by atoms with Crippen molar-refractivity contribution in [3.63, 3.8) is 0 Å². The van der Waals surface area contributed by atoms with E-state index in [-0.39, 0.29) is 30.8 Å². The fourth-order valence-corrected chi connectivity index (χ4v) is 6.64. The maximum absolute atomic E-state index is 13.1. The van der Waals surface area contributed by atoms with E-state index >= 15 is 0 Å². The lowest BCUT2D eigenvalue weighted by Gasteiger charge is -2.19. The third-order valence-electron chi connectivity index (χ3n) is 10.1. The molecule has 2 unspecified atom stereocenters. The van der Waals surface area contributed by atoms with Gasteiger partial charge in [0.05, 0.1) is 6.04 Å². The second-order valence-corrected chi connectivity index (χ2v) is 14.9. The van der Waals surface area contributed by atoms with E-state index < -0.39 is 24.0 Å². The number of hydrogen-bond acceptors (Lipinski definition) is 5. The maximum atomic E-state index is 13.1. The monoisotopic (exact) mass is 693 g/mol. The molecule has 0 aromatic heterocycles. The van der Waals surface area contributed by atoms with Gasteiger partial charge >= 0.3 is 0 Å². The van der Waals surface area contributed by atoms with Crippen LogP contribution in [0.5, 0.6) is 0 Å². The molecule has 0 rings (SSSR count). The molecule has 49 heavy (non-hydrogen) atoms. The van der Waals surface area contributed by atoms with Crippen LogP contribution in [0.25, 0.3) is 0 Å². The van der Waals surface area contributed by atoms with E-state index in [4.69, 9.17) is 0 Å². The molecule has 0 aliphatic carbocycles. The lowest BCUT2D eigenvalue weighted by atomic mass is 9.97. The van der Waals surface area contributed by atoms with E-state index in [1.54, 1.807) is 0 Å². The number of ketones is 2. The first-order valence-corrected chi connectivity index (χ1v) is 21.2. The highest BCUT2D eigenvalue weighted by Crippen LogP contribution is 2.16. The van der Waals surface area contributed by atoms with E-state index in [9.17, 15) is 24.3 Å². The third-order valence-corrected chi connectivity index (χ3v) is 10.1. The van der Waals surface area contributed by atoms with Crippen LogP contribution in [0.4, 0.5) is 0 Å². The molecule has 0 spiro atoms. The SMILES string of the molecule is CCCCCCCCCCCCCCCCC(=O)CCC(NC(=O)C([NH3+])CCC(=O)[O-])C(=O)CCCCCCCCCCCCCCCC. The summed E-state index contributed by atoms with van der Waals surface area (Å²) in [6.07, 6.45) is 36.6. The summed E-state index contributed by atoms with van der Waals surface area (Å²) in [4.78, 5) is 49.4. The zero-order valence-corrected chi connectivity index (χ0v) is 32.4. The van der Waals surface area contributed by atoms with Gasteiger partial charge in [-0.05, 0) is 25.7 Å². The first-order chi connectivity index (χ1) is 23.8. The molecule has 0 fully saturated rings. The number of carboxylic acid groups (broad SMARTS) is 1. The Hall–Kier alpha value is -1.76. The number of nitrogens with one attached hydrogen (secondary N) is 1. The molecule has 0 aromatic carbocycles. The van der Waals surface area contributed by atoms with Crippen molar-refractivity contribution in [1.29, 1.82) is 0 Å². The Morgan fingerprint density at radius 1 is 0.469 bits per heavy atom. The van der Waals surface area contributed by atoms with Crippen LogP contribution in [-0.4, -0.2) is 35.5 Å². The van der Waals surface area contributed by atoms with Crippen LogP contribution in [0.1, 0.15) is 232 Å². The minimum Gasteiger partial charge on any atom is -0.550 e. The van der Waals surface area contributed by atoms with Crippen molar-refractivity contribution >= 4 is 23.4 Å². The van der Waals surface area contributed by atoms with Crippen LogP contribution in [0, 0.1) is 0 Å². The summed E-state index contributed by atoms with van der Waals surface area (Å²) >= 11 is 0. The molecule has 0 bridgehead atoms. The van der Waals surface area contributed by atoms with Crippen molar-refractivity contribution in [3.05, 3.63) is 0 Å². The summed E-state index contributed by atoms with van der Waals surface area (Å²) in [6.45, 7) is 4.52. The Morgan fingerprint density at radius 3 is 1.18 bits per heavy atom. The summed E-state index contributed by atoms with van der Waals surface area (Å²) in [6, 6.07) is -1.50. The second kappa shape index (κ2) is 36.0. The summed E-state index contributed by atoms with van der Waals surface area (Å²) in [5.74, 6) is -1.55. The van der Waals surface area contributed by atoms with E-state index in [0.717, 1.165) is 38.5 Å². The summed E-state index contributed by atoms with van der Waals surface area (Å²) in [7, 11) is 0. The van der Waals surface area contributed by atoms with Gasteiger partial charge in [0, 0.05) is 31.7 Å². The lowest BCUT2D eigenvalue weighted by molar-refractivity contribution is -0.406. The number of quaternary nitrogens is 1. The molecule has 0 saturated heterocycles. The second-order valence-electron chi connectivity index (χ2n) is 14.9. The Bertz CT molecular complexity index is 802. The van der Waals surface area contributed by atoms with Crippen molar-refractivity contribution in [2.75, 3.05) is 0 Å². The van der Waals surface area contributed by atoms with Crippen molar-refractivity contribution in [1.82, 2.24) is 5.32 Å². The normalized spacial score (nSPS) is 12.6. The highest BCUT2D eigenvalue weighted by atomic mass is 16.4. The lowest BCUT2D eigenvalue weighted by Crippen LogP contribution is -2.68. The predicted molar refractivity (Wildman–Crippen MR) is 202 cm³/mol. The average Bonchev–Trinajstić information content (AvgIpc) is 3.08. The number of hydrogen-bond donors (Lipinski definition) is 2. The zero-order valence-electron chi connectivity index (χ0n) is 32.4. The Balaban J connectivity index is 4.25. The number of carbonyl (C=O) groups is 4. The minimum absolute atomic E-state index is 0.0383. The van der Waals surface area contributed by atoms with Gasteiger partial charge in [0.15, 0.2) is 11.8 Å². The van der Waals surface area contributed by atoms with Crippen LogP contribution in [0.2, 0.25) is 0 Å². The van der Waals surface area contributed by atoms with Gasteiger partial charge in [-0.25, -0.2) is 0 Å². The van der Waals surface area contributed by atoms with Gasteiger partial charge in [-0.1, -0.05) is 181 Å². The van der Waals surface area contributed by atoms with E-state index in [2.05, 4.69) is 24.9 Å². The van der Waals surface area contributed by atoms with Gasteiger partial charge in [-0.2, -0.15) is 0 Å². The first kappa shape index (κ1) is 47.2. The number of aliphatic carboxylic acids is 1. The third kappa shape index (κ3) is 33.2. The highest BCUT2D eigenvalue weighted by molar-refractivity contribution is 5.91. The van der Waals surface area contributed by atoms with Gasteiger partial charge < -0.3 is 21.0 Å². The van der Waals surface area contributed by atoms with E-state index in [1.807, 2.05) is 0 Å². The van der Waals surface area contributed by atoms with E-state index in [0.29, 0.717) is 19.3 Å². The predicted octanol–water partition coefficient (Wildman–Crippen LogP) is 9.27. The summed E-state index contributed by atoms with van der Waals surface area (Å²) in [5.41, 5.74) is 3.78. The summed E-state index contributed by atoms with van der Waals surface area (Å²) in [5, 5.41) is 13.6. The van der Waals surface area contributed by atoms with Crippen molar-refractivity contribution < 1.29 is 30.0 Å². The molecule has 1 amide bonds. The number of amides is 1. The Morgan fingerprint density at radius 2 is 0.816 bits per heavy atom. The van der Waals surface area contributed by atoms with Crippen LogP contribution >= 0.6 is 0 Å². The van der Waals surface area contributed by atoms with Gasteiger partial charge in [0.25, 0.3) is 5.91 Å². The standard InChI is InChI=1S/C42H80N2O5/c1-3-5-7-9-11-13-15-17-19-21-23-25-27-29-31-37(45)33-35-39(44-42(49)38(43)34-36-41(47)48)40(46)32-30-28-26-24-22-20-18-16-14-12-10-8-6-4-2/h38-39H,3-36,43H2,1-2H3,(H,44,49)(H,47,48). The van der Waals surface area contributed by atoms with Crippen molar-refractivity contribution in [2.45, 2.75) is 244 Å². The molecule has 0 aliphatic rings. The highest BCUT2D eigenvalue weighted by Gasteiger charge is 2.25. The van der Waals surface area contributed by atoms with Crippen LogP contribution in [-0.2, 0) is 19.2 Å². The number of Topliss-reactive ketones (excluding diaryl/α,β-unsaturated/α-hetero) is 2. The zero-order chi connectivity index (χ0) is 36.2. The number of unbranched alkanes of at least 4 members (excludes halogenated alkanes) is 26. The molecule has 0 radical (unpaired) electrons. The smallest absolute Gasteiger partial charge is 0.278 e. The number of carbonyl (C=O) groups excluding carboxylic acids is 4. The van der Waals surface area contributed by atoms with Crippen LogP contribution < -0.4 is 16.2 Å². The molecule has 7 heteroatoms. The number of rotatable bonds is 39. The van der Waals surface area contributed by atoms with Gasteiger partial charge in [-0.15, -0.1) is 0 Å². The average molecular weight is 693 g/mol. The molecule has 0 heterocycles. The fourth-order valence-electron chi connectivity index (χ4n) is 6.64. The van der Waals surface area contributed by atoms with Gasteiger partial charge in [0.2, 0.25) is 0 Å². The molecule has 0 aromatic rings. The Labute approximate surface area is 302 Å².